The smallest absolute Gasteiger partial charge is 0.265 e. The van der Waals surface area contributed by atoms with E-state index in [0.29, 0.717) is 12.2 Å². The van der Waals surface area contributed by atoms with Crippen LogP contribution in [0.4, 0.5) is 17.1 Å². The molecule has 0 aromatic heterocycles. The molecule has 2 heterocycles. The average Bonchev–Trinajstić information content (AvgIpc) is 3.21. The van der Waals surface area contributed by atoms with Crippen LogP contribution < -0.4 is 19.9 Å². The summed E-state index contributed by atoms with van der Waals surface area (Å²) >= 11 is 0. The van der Waals surface area contributed by atoms with Gasteiger partial charge in [-0.1, -0.05) is 6.07 Å². The van der Waals surface area contributed by atoms with Crippen LogP contribution in [0.3, 0.4) is 0 Å². The first-order valence-electron chi connectivity index (χ1n) is 10.4. The summed E-state index contributed by atoms with van der Waals surface area (Å²) in [6.07, 6.45) is 0.773. The summed E-state index contributed by atoms with van der Waals surface area (Å²) in [5, 5.41) is 2.90. The summed E-state index contributed by atoms with van der Waals surface area (Å²) < 4.78 is 11.2. The first-order valence-corrected chi connectivity index (χ1v) is 10.4. The maximum Gasteiger partial charge on any atom is 0.265 e. The van der Waals surface area contributed by atoms with Crippen molar-refractivity contribution in [1.82, 2.24) is 0 Å². The average molecular weight is 409 g/mol. The van der Waals surface area contributed by atoms with Crippen LogP contribution in [0.2, 0.25) is 0 Å². The molecule has 0 bridgehead atoms. The van der Waals surface area contributed by atoms with Crippen molar-refractivity contribution < 1.29 is 19.1 Å². The Morgan fingerprint density at radius 3 is 2.53 bits per heavy atom. The summed E-state index contributed by atoms with van der Waals surface area (Å²) in [6.45, 7) is 5.65. The predicted molar refractivity (Wildman–Crippen MR) is 116 cm³/mol. The van der Waals surface area contributed by atoms with Crippen molar-refractivity contribution in [3.05, 3.63) is 48.5 Å². The number of carbonyl (C=O) groups is 2. The van der Waals surface area contributed by atoms with E-state index in [1.165, 1.54) is 0 Å². The summed E-state index contributed by atoms with van der Waals surface area (Å²) in [7, 11) is 0. The molecule has 0 radical (unpaired) electrons. The number of ether oxygens (including phenoxy) is 2. The Morgan fingerprint density at radius 2 is 1.83 bits per heavy atom. The van der Waals surface area contributed by atoms with Gasteiger partial charge in [0.2, 0.25) is 5.91 Å². The zero-order valence-corrected chi connectivity index (χ0v) is 17.2. The van der Waals surface area contributed by atoms with E-state index in [4.69, 9.17) is 9.47 Å². The fourth-order valence-electron chi connectivity index (χ4n) is 3.72. The number of nitrogens with one attached hydrogen (secondary N) is 1. The van der Waals surface area contributed by atoms with Gasteiger partial charge in [0.15, 0.2) is 6.10 Å². The summed E-state index contributed by atoms with van der Waals surface area (Å²) in [5.74, 6) is 0.466. The SMILES string of the molecule is C[C@@H](Oc1cccc(N2CCCC2=O)c1)C(=O)Nc1ccc(N2CCOCC2)cc1. The highest BCUT2D eigenvalue weighted by molar-refractivity contribution is 5.96. The molecule has 2 aliphatic heterocycles. The van der Waals surface area contributed by atoms with Gasteiger partial charge in [0, 0.05) is 49.2 Å². The van der Waals surface area contributed by atoms with Gasteiger partial charge in [0.25, 0.3) is 5.91 Å². The van der Waals surface area contributed by atoms with Crippen molar-refractivity contribution in [1.29, 1.82) is 0 Å². The Kier molecular flexibility index (Phi) is 6.18. The minimum Gasteiger partial charge on any atom is -0.481 e. The highest BCUT2D eigenvalue weighted by atomic mass is 16.5. The van der Waals surface area contributed by atoms with Crippen LogP contribution in [0.1, 0.15) is 19.8 Å². The van der Waals surface area contributed by atoms with Gasteiger partial charge in [-0.3, -0.25) is 9.59 Å². The lowest BCUT2D eigenvalue weighted by Gasteiger charge is -2.29. The maximum absolute atomic E-state index is 12.6. The van der Waals surface area contributed by atoms with Crippen molar-refractivity contribution in [3.63, 3.8) is 0 Å². The third kappa shape index (κ3) is 4.74. The van der Waals surface area contributed by atoms with E-state index in [1.807, 2.05) is 42.5 Å². The van der Waals surface area contributed by atoms with Gasteiger partial charge in [-0.05, 0) is 49.7 Å². The van der Waals surface area contributed by atoms with E-state index in [9.17, 15) is 9.59 Å². The summed E-state index contributed by atoms with van der Waals surface area (Å²) in [5.41, 5.74) is 2.65. The molecule has 7 heteroatoms. The first-order chi connectivity index (χ1) is 14.6. The summed E-state index contributed by atoms with van der Waals surface area (Å²) in [6, 6.07) is 15.1. The minimum absolute atomic E-state index is 0.124. The van der Waals surface area contributed by atoms with Crippen molar-refractivity contribution >= 4 is 28.9 Å². The standard InChI is InChI=1S/C23H27N3O4/c1-17(30-21-5-2-4-20(16-21)26-11-3-6-22(26)27)23(28)24-18-7-9-19(10-8-18)25-12-14-29-15-13-25/h2,4-5,7-10,16-17H,3,6,11-15H2,1H3,(H,24,28)/t17-/m1/s1. The van der Waals surface area contributed by atoms with Crippen LogP contribution in [-0.4, -0.2) is 50.8 Å². The number of anilines is 3. The van der Waals surface area contributed by atoms with Crippen LogP contribution in [0.15, 0.2) is 48.5 Å². The lowest BCUT2D eigenvalue weighted by molar-refractivity contribution is -0.122. The number of carbonyl (C=O) groups excluding carboxylic acids is 2. The molecule has 7 nitrogen and oxygen atoms in total. The topological polar surface area (TPSA) is 71.1 Å². The molecule has 2 fully saturated rings. The number of rotatable bonds is 6. The van der Waals surface area contributed by atoms with E-state index < -0.39 is 6.10 Å². The Hall–Kier alpha value is -3.06. The minimum atomic E-state index is -0.673. The van der Waals surface area contributed by atoms with E-state index in [2.05, 4.69) is 10.2 Å². The van der Waals surface area contributed by atoms with Gasteiger partial charge < -0.3 is 24.6 Å². The quantitative estimate of drug-likeness (QED) is 0.794. The lowest BCUT2D eigenvalue weighted by Crippen LogP contribution is -2.36. The zero-order chi connectivity index (χ0) is 20.9. The second-order valence-corrected chi connectivity index (χ2v) is 7.54. The third-order valence-electron chi connectivity index (χ3n) is 5.40. The number of nitrogens with zero attached hydrogens (tertiary/aromatic N) is 2. The van der Waals surface area contributed by atoms with Crippen molar-refractivity contribution in [2.75, 3.05) is 48.0 Å². The molecule has 2 saturated heterocycles. The molecule has 4 rings (SSSR count). The zero-order valence-electron chi connectivity index (χ0n) is 17.2. The Bertz CT molecular complexity index is 894. The molecular weight excluding hydrogens is 382 g/mol. The number of hydrogen-bond acceptors (Lipinski definition) is 5. The fraction of sp³-hybridized carbons (Fsp3) is 0.391. The molecule has 0 spiro atoms. The van der Waals surface area contributed by atoms with E-state index in [1.54, 1.807) is 17.9 Å². The second kappa shape index (κ2) is 9.17. The highest BCUT2D eigenvalue weighted by Gasteiger charge is 2.22. The molecule has 158 valence electrons. The molecule has 2 amide bonds. The van der Waals surface area contributed by atoms with Gasteiger partial charge in [-0.25, -0.2) is 0 Å². The van der Waals surface area contributed by atoms with Crippen LogP contribution in [0.25, 0.3) is 0 Å². The maximum atomic E-state index is 12.6. The molecule has 0 unspecified atom stereocenters. The largest absolute Gasteiger partial charge is 0.481 e. The lowest BCUT2D eigenvalue weighted by atomic mass is 10.2. The molecule has 30 heavy (non-hydrogen) atoms. The monoisotopic (exact) mass is 409 g/mol. The van der Waals surface area contributed by atoms with Gasteiger partial charge >= 0.3 is 0 Å². The molecule has 2 aliphatic rings. The number of benzene rings is 2. The van der Waals surface area contributed by atoms with Crippen LogP contribution in [0, 0.1) is 0 Å². The molecule has 1 atom stereocenters. The Labute approximate surface area is 176 Å². The van der Waals surface area contributed by atoms with Gasteiger partial charge in [-0.2, -0.15) is 0 Å². The number of morpholine rings is 1. The van der Waals surface area contributed by atoms with Crippen LogP contribution in [-0.2, 0) is 14.3 Å². The number of amides is 2. The first kappa shape index (κ1) is 20.2. The van der Waals surface area contributed by atoms with E-state index >= 15 is 0 Å². The highest BCUT2D eigenvalue weighted by Crippen LogP contribution is 2.26. The molecule has 1 N–H and O–H groups in total. The molecule has 2 aromatic carbocycles. The van der Waals surface area contributed by atoms with Gasteiger partial charge in [0.05, 0.1) is 13.2 Å². The van der Waals surface area contributed by atoms with Crippen LogP contribution >= 0.6 is 0 Å². The fourth-order valence-corrected chi connectivity index (χ4v) is 3.72. The second-order valence-electron chi connectivity index (χ2n) is 7.54. The molecular formula is C23H27N3O4. The Balaban J connectivity index is 1.34. The van der Waals surface area contributed by atoms with Gasteiger partial charge in [-0.15, -0.1) is 0 Å². The van der Waals surface area contributed by atoms with E-state index in [0.717, 1.165) is 56.3 Å². The van der Waals surface area contributed by atoms with Gasteiger partial charge in [0.1, 0.15) is 5.75 Å². The normalized spacial score (nSPS) is 17.7. The summed E-state index contributed by atoms with van der Waals surface area (Å²) in [4.78, 5) is 28.5. The molecule has 0 aliphatic carbocycles. The van der Waals surface area contributed by atoms with Crippen molar-refractivity contribution in [2.45, 2.75) is 25.9 Å². The third-order valence-corrected chi connectivity index (χ3v) is 5.40. The van der Waals surface area contributed by atoms with Crippen molar-refractivity contribution in [2.24, 2.45) is 0 Å². The van der Waals surface area contributed by atoms with Crippen molar-refractivity contribution in [3.8, 4) is 5.75 Å². The van der Waals surface area contributed by atoms with E-state index in [-0.39, 0.29) is 11.8 Å². The molecule has 2 aromatic rings. The Morgan fingerprint density at radius 1 is 1.07 bits per heavy atom. The predicted octanol–water partition coefficient (Wildman–Crippen LogP) is 3.06. The molecule has 0 saturated carbocycles. The van der Waals surface area contributed by atoms with Crippen LogP contribution in [0.5, 0.6) is 5.75 Å². The number of hydrogen-bond donors (Lipinski definition) is 1.